The number of benzene rings is 1. The SMILES string of the molecule is C#CCC(C)NC(=O)c1ccc(S(N)(=O)=O)cc1. The van der Waals surface area contributed by atoms with Gasteiger partial charge in [-0.25, -0.2) is 13.6 Å². The van der Waals surface area contributed by atoms with Gasteiger partial charge in [0, 0.05) is 18.0 Å². The summed E-state index contributed by atoms with van der Waals surface area (Å²) in [4.78, 5) is 11.7. The molecule has 5 nitrogen and oxygen atoms in total. The lowest BCUT2D eigenvalue weighted by atomic mass is 10.2. The third kappa shape index (κ3) is 3.87. The predicted molar refractivity (Wildman–Crippen MR) is 68.2 cm³/mol. The smallest absolute Gasteiger partial charge is 0.251 e. The Bertz CT molecular complexity index is 570. The molecule has 0 radical (unpaired) electrons. The monoisotopic (exact) mass is 266 g/mol. The fourth-order valence-electron chi connectivity index (χ4n) is 1.33. The van der Waals surface area contributed by atoms with Crippen LogP contribution in [0.15, 0.2) is 29.2 Å². The Morgan fingerprint density at radius 3 is 2.44 bits per heavy atom. The number of rotatable bonds is 4. The second-order valence-corrected chi connectivity index (χ2v) is 5.41. The zero-order valence-electron chi connectivity index (χ0n) is 9.88. The van der Waals surface area contributed by atoms with E-state index < -0.39 is 10.0 Å². The number of amides is 1. The molecule has 96 valence electrons. The van der Waals surface area contributed by atoms with Gasteiger partial charge in [0.2, 0.25) is 10.0 Å². The fraction of sp³-hybridized carbons (Fsp3) is 0.250. The highest BCUT2D eigenvalue weighted by atomic mass is 32.2. The Labute approximate surface area is 106 Å². The number of primary sulfonamides is 1. The van der Waals surface area contributed by atoms with Crippen LogP contribution in [0.2, 0.25) is 0 Å². The first-order chi connectivity index (χ1) is 8.34. The zero-order chi connectivity index (χ0) is 13.8. The highest BCUT2D eigenvalue weighted by Crippen LogP contribution is 2.09. The van der Waals surface area contributed by atoms with Crippen LogP contribution in [0, 0.1) is 12.3 Å². The minimum atomic E-state index is -3.74. The topological polar surface area (TPSA) is 89.3 Å². The van der Waals surface area contributed by atoms with Crippen LogP contribution >= 0.6 is 0 Å². The molecule has 0 aliphatic rings. The highest BCUT2D eigenvalue weighted by molar-refractivity contribution is 7.89. The summed E-state index contributed by atoms with van der Waals surface area (Å²) in [5, 5.41) is 7.65. The molecule has 0 bridgehead atoms. The van der Waals surface area contributed by atoms with Crippen LogP contribution in [0.5, 0.6) is 0 Å². The average molecular weight is 266 g/mol. The number of carbonyl (C=O) groups is 1. The van der Waals surface area contributed by atoms with Gasteiger partial charge in [-0.1, -0.05) is 0 Å². The van der Waals surface area contributed by atoms with E-state index in [1.807, 2.05) is 0 Å². The second kappa shape index (κ2) is 5.67. The van der Waals surface area contributed by atoms with E-state index in [0.717, 1.165) is 0 Å². The molecule has 0 saturated heterocycles. The minimum absolute atomic E-state index is 0.0317. The maximum Gasteiger partial charge on any atom is 0.251 e. The van der Waals surface area contributed by atoms with Gasteiger partial charge in [-0.2, -0.15) is 0 Å². The lowest BCUT2D eigenvalue weighted by Gasteiger charge is -2.10. The zero-order valence-corrected chi connectivity index (χ0v) is 10.7. The Balaban J connectivity index is 2.81. The van der Waals surface area contributed by atoms with E-state index >= 15 is 0 Å². The normalized spacial score (nSPS) is 12.5. The van der Waals surface area contributed by atoms with Crippen LogP contribution in [-0.4, -0.2) is 20.4 Å². The molecular formula is C12H14N2O3S. The summed E-state index contributed by atoms with van der Waals surface area (Å²) >= 11 is 0. The van der Waals surface area contributed by atoms with Gasteiger partial charge < -0.3 is 5.32 Å². The van der Waals surface area contributed by atoms with Gasteiger partial charge >= 0.3 is 0 Å². The third-order valence-corrected chi connectivity index (χ3v) is 3.18. The summed E-state index contributed by atoms with van der Waals surface area (Å²) in [5.74, 6) is 2.14. The summed E-state index contributed by atoms with van der Waals surface area (Å²) in [6.45, 7) is 1.79. The molecule has 18 heavy (non-hydrogen) atoms. The van der Waals surface area contributed by atoms with E-state index in [4.69, 9.17) is 11.6 Å². The fourth-order valence-corrected chi connectivity index (χ4v) is 1.85. The van der Waals surface area contributed by atoms with Crippen LogP contribution in [-0.2, 0) is 10.0 Å². The molecule has 0 aromatic heterocycles. The van der Waals surface area contributed by atoms with Gasteiger partial charge in [-0.3, -0.25) is 4.79 Å². The number of hydrogen-bond donors (Lipinski definition) is 2. The first kappa shape index (κ1) is 14.2. The first-order valence-electron chi connectivity index (χ1n) is 5.22. The van der Waals surface area contributed by atoms with Crippen LogP contribution < -0.4 is 10.5 Å². The summed E-state index contributed by atoms with van der Waals surface area (Å²) < 4.78 is 22.1. The standard InChI is InChI=1S/C12H14N2O3S/c1-3-4-9(2)14-12(15)10-5-7-11(8-6-10)18(13,16)17/h1,5-9H,4H2,2H3,(H,14,15)(H2,13,16,17). The van der Waals surface area contributed by atoms with Crippen LogP contribution in [0.4, 0.5) is 0 Å². The molecule has 0 aliphatic heterocycles. The number of nitrogens with one attached hydrogen (secondary N) is 1. The first-order valence-corrected chi connectivity index (χ1v) is 6.76. The Morgan fingerprint density at radius 2 is 2.00 bits per heavy atom. The van der Waals surface area contributed by atoms with Crippen molar-refractivity contribution in [2.24, 2.45) is 5.14 Å². The molecule has 0 aliphatic carbocycles. The summed E-state index contributed by atoms with van der Waals surface area (Å²) in [7, 11) is -3.74. The molecular weight excluding hydrogens is 252 g/mol. The highest BCUT2D eigenvalue weighted by Gasteiger charge is 2.11. The molecule has 0 saturated carbocycles. The van der Waals surface area contributed by atoms with Gasteiger partial charge in [0.25, 0.3) is 5.91 Å². The average Bonchev–Trinajstić information content (AvgIpc) is 2.28. The summed E-state index contributed by atoms with van der Waals surface area (Å²) in [5.41, 5.74) is 0.353. The Morgan fingerprint density at radius 1 is 1.44 bits per heavy atom. The number of sulfonamides is 1. The number of nitrogens with two attached hydrogens (primary N) is 1. The van der Waals surface area contributed by atoms with E-state index in [1.54, 1.807) is 6.92 Å². The third-order valence-electron chi connectivity index (χ3n) is 2.25. The van der Waals surface area contributed by atoms with Crippen molar-refractivity contribution in [2.75, 3.05) is 0 Å². The van der Waals surface area contributed by atoms with E-state index in [-0.39, 0.29) is 16.8 Å². The van der Waals surface area contributed by atoms with Gasteiger partial charge in [-0.15, -0.1) is 12.3 Å². The van der Waals surface area contributed by atoms with Crippen molar-refractivity contribution < 1.29 is 13.2 Å². The lowest BCUT2D eigenvalue weighted by Crippen LogP contribution is -2.32. The molecule has 0 fully saturated rings. The van der Waals surface area contributed by atoms with Crippen LogP contribution in [0.3, 0.4) is 0 Å². The Hall–Kier alpha value is -1.84. The van der Waals surface area contributed by atoms with Gasteiger partial charge in [0.05, 0.1) is 4.90 Å². The quantitative estimate of drug-likeness (QED) is 0.777. The van der Waals surface area contributed by atoms with E-state index in [2.05, 4.69) is 11.2 Å². The molecule has 0 spiro atoms. The van der Waals surface area contributed by atoms with Crippen molar-refractivity contribution in [3.8, 4) is 12.3 Å². The number of carbonyl (C=O) groups excluding carboxylic acids is 1. The van der Waals surface area contributed by atoms with E-state index in [0.29, 0.717) is 12.0 Å². The van der Waals surface area contributed by atoms with Crippen molar-refractivity contribution in [1.29, 1.82) is 0 Å². The van der Waals surface area contributed by atoms with E-state index in [1.165, 1.54) is 24.3 Å². The van der Waals surface area contributed by atoms with Crippen molar-refractivity contribution in [3.05, 3.63) is 29.8 Å². The molecule has 6 heteroatoms. The Kier molecular flexibility index (Phi) is 4.48. The number of hydrogen-bond acceptors (Lipinski definition) is 3. The minimum Gasteiger partial charge on any atom is -0.349 e. The van der Waals surface area contributed by atoms with Crippen LogP contribution in [0.25, 0.3) is 0 Å². The maximum absolute atomic E-state index is 11.7. The van der Waals surface area contributed by atoms with Crippen molar-refractivity contribution >= 4 is 15.9 Å². The summed E-state index contributed by atoms with van der Waals surface area (Å²) in [6, 6.07) is 5.24. The van der Waals surface area contributed by atoms with Gasteiger partial charge in [-0.05, 0) is 31.2 Å². The predicted octanol–water partition coefficient (Wildman–Crippen LogP) is 0.476. The molecule has 3 N–H and O–H groups in total. The molecule has 1 aromatic carbocycles. The molecule has 0 heterocycles. The van der Waals surface area contributed by atoms with Gasteiger partial charge in [0.15, 0.2) is 0 Å². The maximum atomic E-state index is 11.7. The second-order valence-electron chi connectivity index (χ2n) is 3.85. The largest absolute Gasteiger partial charge is 0.349 e. The van der Waals surface area contributed by atoms with E-state index in [9.17, 15) is 13.2 Å². The summed E-state index contributed by atoms with van der Waals surface area (Å²) in [6.07, 6.45) is 5.56. The molecule has 1 rings (SSSR count). The molecule has 1 atom stereocenters. The van der Waals surface area contributed by atoms with Crippen molar-refractivity contribution in [2.45, 2.75) is 24.3 Å². The molecule has 1 amide bonds. The number of terminal acetylenes is 1. The van der Waals surface area contributed by atoms with Crippen molar-refractivity contribution in [3.63, 3.8) is 0 Å². The van der Waals surface area contributed by atoms with Crippen LogP contribution in [0.1, 0.15) is 23.7 Å². The lowest BCUT2D eigenvalue weighted by molar-refractivity contribution is 0.0941. The molecule has 1 aromatic rings. The van der Waals surface area contributed by atoms with Crippen molar-refractivity contribution in [1.82, 2.24) is 5.32 Å². The molecule has 1 unspecified atom stereocenters. The van der Waals surface area contributed by atoms with Gasteiger partial charge in [0.1, 0.15) is 0 Å².